The first-order valence-corrected chi connectivity index (χ1v) is 10.4. The van der Waals surface area contributed by atoms with Crippen molar-refractivity contribution in [1.82, 2.24) is 24.8 Å². The highest BCUT2D eigenvalue weighted by Gasteiger charge is 2.25. The van der Waals surface area contributed by atoms with Crippen LogP contribution >= 0.6 is 0 Å². The Morgan fingerprint density at radius 1 is 1.17 bits per heavy atom. The second-order valence-corrected chi connectivity index (χ2v) is 7.22. The Balaban J connectivity index is 1.53. The highest BCUT2D eigenvalue weighted by molar-refractivity contribution is 5.92. The number of hydrogen-bond donors (Lipinski definition) is 0. The number of rotatable bonds is 7. The van der Waals surface area contributed by atoms with Crippen molar-refractivity contribution in [2.45, 2.75) is 32.7 Å². The lowest BCUT2D eigenvalue weighted by Crippen LogP contribution is -2.38. The van der Waals surface area contributed by atoms with Crippen LogP contribution in [0.2, 0.25) is 0 Å². The van der Waals surface area contributed by atoms with E-state index in [4.69, 9.17) is 4.74 Å². The van der Waals surface area contributed by atoms with Crippen molar-refractivity contribution >= 4 is 17.9 Å². The van der Waals surface area contributed by atoms with Gasteiger partial charge < -0.3 is 14.5 Å². The molecular weight excluding hydrogens is 382 g/mol. The number of ether oxygens (including phenoxy) is 1. The monoisotopic (exact) mass is 411 g/mol. The van der Waals surface area contributed by atoms with E-state index in [-0.39, 0.29) is 17.9 Å². The average Bonchev–Trinajstić information content (AvgIpc) is 3.29. The number of amides is 2. The molecule has 0 N–H and O–H groups in total. The molecule has 30 heavy (non-hydrogen) atoms. The maximum atomic E-state index is 12.5. The number of carbonyl (C=O) groups excluding carboxylic acids is 2. The smallest absolute Gasteiger partial charge is 0.276 e. The average molecular weight is 412 g/mol. The molecule has 0 atom stereocenters. The molecule has 0 spiro atoms. The van der Waals surface area contributed by atoms with Crippen LogP contribution in [0.25, 0.3) is 6.08 Å². The van der Waals surface area contributed by atoms with Crippen LogP contribution in [-0.2, 0) is 4.79 Å². The zero-order chi connectivity index (χ0) is 21.5. The first-order valence-electron chi connectivity index (χ1n) is 10.4. The van der Waals surface area contributed by atoms with Gasteiger partial charge in [-0.05, 0) is 50.5 Å². The Bertz CT molecular complexity index is 878. The lowest BCUT2D eigenvalue weighted by Gasteiger charge is -2.31. The number of nitrogens with zero attached hydrogens (tertiary/aromatic N) is 5. The summed E-state index contributed by atoms with van der Waals surface area (Å²) in [5.41, 5.74) is 1.33. The second-order valence-electron chi connectivity index (χ2n) is 7.22. The van der Waals surface area contributed by atoms with Crippen molar-refractivity contribution in [3.63, 3.8) is 0 Å². The molecule has 1 aromatic carbocycles. The summed E-state index contributed by atoms with van der Waals surface area (Å²) in [6.45, 7) is 6.48. The van der Waals surface area contributed by atoms with E-state index in [1.54, 1.807) is 29.0 Å². The van der Waals surface area contributed by atoms with Gasteiger partial charge in [0.15, 0.2) is 5.69 Å². The van der Waals surface area contributed by atoms with E-state index in [1.165, 1.54) is 0 Å². The number of aromatic nitrogens is 3. The molecule has 8 heteroatoms. The van der Waals surface area contributed by atoms with Gasteiger partial charge >= 0.3 is 0 Å². The number of benzene rings is 1. The molecule has 0 unspecified atom stereocenters. The normalized spacial score (nSPS) is 14.8. The zero-order valence-electron chi connectivity index (χ0n) is 17.8. The van der Waals surface area contributed by atoms with Gasteiger partial charge in [-0.15, -0.1) is 5.10 Å². The Hall–Kier alpha value is -3.16. The third kappa shape index (κ3) is 5.06. The molecule has 2 aromatic rings. The van der Waals surface area contributed by atoms with Gasteiger partial charge in [-0.3, -0.25) is 9.59 Å². The van der Waals surface area contributed by atoms with Gasteiger partial charge in [-0.1, -0.05) is 17.3 Å². The summed E-state index contributed by atoms with van der Waals surface area (Å²) >= 11 is 0. The molecule has 8 nitrogen and oxygen atoms in total. The summed E-state index contributed by atoms with van der Waals surface area (Å²) < 4.78 is 6.91. The fraction of sp³-hybridized carbons (Fsp3) is 0.455. The fourth-order valence-electron chi connectivity index (χ4n) is 3.56. The van der Waals surface area contributed by atoms with Crippen molar-refractivity contribution in [1.29, 1.82) is 0 Å². The van der Waals surface area contributed by atoms with Gasteiger partial charge in [0.05, 0.1) is 19.3 Å². The molecule has 1 aliphatic heterocycles. The Morgan fingerprint density at radius 3 is 2.43 bits per heavy atom. The Morgan fingerprint density at radius 2 is 1.83 bits per heavy atom. The summed E-state index contributed by atoms with van der Waals surface area (Å²) in [6, 6.07) is 7.71. The number of piperidine rings is 1. The van der Waals surface area contributed by atoms with E-state index < -0.39 is 0 Å². The quantitative estimate of drug-likeness (QED) is 0.655. The van der Waals surface area contributed by atoms with Crippen molar-refractivity contribution in [3.05, 3.63) is 47.8 Å². The van der Waals surface area contributed by atoms with E-state index in [1.807, 2.05) is 49.1 Å². The molecule has 1 saturated heterocycles. The first kappa shape index (κ1) is 21.5. The van der Waals surface area contributed by atoms with Crippen LogP contribution in [0.3, 0.4) is 0 Å². The second kappa shape index (κ2) is 10.0. The van der Waals surface area contributed by atoms with Crippen LogP contribution in [0.5, 0.6) is 5.75 Å². The van der Waals surface area contributed by atoms with Gasteiger partial charge in [0, 0.05) is 32.3 Å². The SMILES string of the molecule is CCN(CC)C(=O)c1cn(C2CCN(C(=O)C=Cc3ccc(OC)cc3)CC2)nn1. The molecule has 3 rings (SSSR count). The minimum absolute atomic E-state index is 0.000239. The highest BCUT2D eigenvalue weighted by atomic mass is 16.5. The van der Waals surface area contributed by atoms with Crippen LogP contribution in [-0.4, -0.2) is 69.9 Å². The molecule has 2 amide bonds. The zero-order valence-corrected chi connectivity index (χ0v) is 17.8. The molecular formula is C22H29N5O3. The van der Waals surface area contributed by atoms with Crippen LogP contribution in [0.4, 0.5) is 0 Å². The van der Waals surface area contributed by atoms with Crippen molar-refractivity contribution in [2.24, 2.45) is 0 Å². The van der Waals surface area contributed by atoms with E-state index >= 15 is 0 Å². The minimum Gasteiger partial charge on any atom is -0.497 e. The predicted molar refractivity (Wildman–Crippen MR) is 114 cm³/mol. The van der Waals surface area contributed by atoms with Crippen molar-refractivity contribution < 1.29 is 14.3 Å². The van der Waals surface area contributed by atoms with Gasteiger partial charge in [-0.2, -0.15) is 0 Å². The summed E-state index contributed by atoms with van der Waals surface area (Å²) in [5.74, 6) is 0.693. The van der Waals surface area contributed by atoms with Crippen LogP contribution < -0.4 is 4.74 Å². The molecule has 0 aliphatic carbocycles. The number of carbonyl (C=O) groups is 2. The number of likely N-dealkylation sites (tertiary alicyclic amines) is 1. The predicted octanol–water partition coefficient (Wildman–Crippen LogP) is 2.65. The van der Waals surface area contributed by atoms with Crippen LogP contribution in [0.15, 0.2) is 36.5 Å². The molecule has 0 radical (unpaired) electrons. The maximum absolute atomic E-state index is 12.5. The molecule has 0 bridgehead atoms. The number of methoxy groups -OCH3 is 1. The molecule has 0 saturated carbocycles. The van der Waals surface area contributed by atoms with E-state index in [2.05, 4.69) is 10.3 Å². The molecule has 2 heterocycles. The third-order valence-corrected chi connectivity index (χ3v) is 5.46. The van der Waals surface area contributed by atoms with Gasteiger partial charge in [0.1, 0.15) is 5.75 Å². The molecule has 1 aromatic heterocycles. The topological polar surface area (TPSA) is 80.6 Å². The van der Waals surface area contributed by atoms with Gasteiger partial charge in [0.2, 0.25) is 5.91 Å². The lowest BCUT2D eigenvalue weighted by molar-refractivity contribution is -0.127. The highest BCUT2D eigenvalue weighted by Crippen LogP contribution is 2.22. The van der Waals surface area contributed by atoms with Gasteiger partial charge in [-0.25, -0.2) is 4.68 Å². The first-order chi connectivity index (χ1) is 14.5. The fourth-order valence-corrected chi connectivity index (χ4v) is 3.56. The van der Waals surface area contributed by atoms with Crippen molar-refractivity contribution in [2.75, 3.05) is 33.3 Å². The Labute approximate surface area is 177 Å². The number of hydrogen-bond acceptors (Lipinski definition) is 5. The standard InChI is InChI=1S/C22H29N5O3/c1-4-25(5-2)22(29)20-16-27(24-23-20)18-12-14-26(15-13-18)21(28)11-8-17-6-9-19(30-3)10-7-17/h6-11,16,18H,4-5,12-15H2,1-3H3. The molecule has 1 aliphatic rings. The maximum Gasteiger partial charge on any atom is 0.276 e. The minimum atomic E-state index is -0.0949. The van der Waals surface area contributed by atoms with E-state index in [0.29, 0.717) is 31.9 Å². The molecule has 1 fully saturated rings. The summed E-state index contributed by atoms with van der Waals surface area (Å²) in [7, 11) is 1.63. The van der Waals surface area contributed by atoms with Gasteiger partial charge in [0.25, 0.3) is 5.91 Å². The third-order valence-electron chi connectivity index (χ3n) is 5.46. The largest absolute Gasteiger partial charge is 0.497 e. The van der Waals surface area contributed by atoms with E-state index in [0.717, 1.165) is 24.2 Å². The van der Waals surface area contributed by atoms with Crippen molar-refractivity contribution in [3.8, 4) is 5.75 Å². The summed E-state index contributed by atoms with van der Waals surface area (Å²) in [5, 5.41) is 8.22. The Kier molecular flexibility index (Phi) is 7.21. The molecule has 160 valence electrons. The summed E-state index contributed by atoms with van der Waals surface area (Å²) in [6.07, 6.45) is 6.72. The summed E-state index contributed by atoms with van der Waals surface area (Å²) in [4.78, 5) is 28.5. The lowest BCUT2D eigenvalue weighted by atomic mass is 10.1. The van der Waals surface area contributed by atoms with Crippen LogP contribution in [0, 0.1) is 0 Å². The van der Waals surface area contributed by atoms with E-state index in [9.17, 15) is 9.59 Å². The van der Waals surface area contributed by atoms with Crippen LogP contribution in [0.1, 0.15) is 48.8 Å².